The lowest BCUT2D eigenvalue weighted by Crippen LogP contribution is -2.40. The van der Waals surface area contributed by atoms with E-state index in [0.717, 1.165) is 24.0 Å². The summed E-state index contributed by atoms with van der Waals surface area (Å²) in [7, 11) is 1.45. The van der Waals surface area contributed by atoms with Crippen molar-refractivity contribution in [3.8, 4) is 11.5 Å². The molecule has 2 aromatic heterocycles. The molecule has 236 valence electrons. The molecule has 1 saturated carbocycles. The van der Waals surface area contributed by atoms with E-state index in [1.54, 1.807) is 29.6 Å². The summed E-state index contributed by atoms with van der Waals surface area (Å²) in [5.74, 6) is -0.310. The van der Waals surface area contributed by atoms with Gasteiger partial charge < -0.3 is 18.9 Å². The molecule has 8 nitrogen and oxygen atoms in total. The molecule has 1 atom stereocenters. The van der Waals surface area contributed by atoms with Gasteiger partial charge in [0.1, 0.15) is 34.4 Å². The van der Waals surface area contributed by atoms with Crippen molar-refractivity contribution in [1.29, 1.82) is 0 Å². The van der Waals surface area contributed by atoms with Gasteiger partial charge in [-0.2, -0.15) is 8.78 Å². The third-order valence-electron chi connectivity index (χ3n) is 6.76. The number of carbonyl (C=O) groups is 2. The Morgan fingerprint density at radius 1 is 1.13 bits per heavy atom. The zero-order valence-corrected chi connectivity index (χ0v) is 26.9. The topological polar surface area (TPSA) is 87.0 Å². The van der Waals surface area contributed by atoms with Crippen molar-refractivity contribution in [3.05, 3.63) is 97.9 Å². The van der Waals surface area contributed by atoms with E-state index in [-0.39, 0.29) is 28.0 Å². The summed E-state index contributed by atoms with van der Waals surface area (Å²) < 4.78 is 47.5. The minimum atomic E-state index is -3.05. The van der Waals surface area contributed by atoms with E-state index < -0.39 is 18.7 Å². The van der Waals surface area contributed by atoms with Gasteiger partial charge in [-0.3, -0.25) is 9.63 Å². The lowest BCUT2D eigenvalue weighted by atomic mass is 10.0. The molecule has 0 aliphatic heterocycles. The number of hydrogen-bond donors (Lipinski definition) is 1. The fraction of sp³-hybridized carbons (Fsp3) is 0.258. The van der Waals surface area contributed by atoms with Crippen molar-refractivity contribution < 1.29 is 42.1 Å². The molecule has 0 radical (unpaired) electrons. The average molecular weight is 697 g/mol. The van der Waals surface area contributed by atoms with Crippen molar-refractivity contribution >= 4 is 64.4 Å². The Labute approximate surface area is 276 Å². The molecule has 1 unspecified atom stereocenters. The Bertz CT molecular complexity index is 1650. The van der Waals surface area contributed by atoms with Crippen LogP contribution in [-0.2, 0) is 11.2 Å². The fourth-order valence-corrected chi connectivity index (χ4v) is 6.40. The third-order valence-corrected chi connectivity index (χ3v) is 9.12. The van der Waals surface area contributed by atoms with E-state index >= 15 is 0 Å². The summed E-state index contributed by atoms with van der Waals surface area (Å²) in [5, 5.41) is 2.27. The molecule has 1 aliphatic rings. The predicted octanol–water partition coefficient (Wildman–Crippen LogP) is 7.86. The van der Waals surface area contributed by atoms with Gasteiger partial charge in [0.2, 0.25) is 12.4 Å². The van der Waals surface area contributed by atoms with E-state index in [2.05, 4.69) is 4.72 Å². The summed E-state index contributed by atoms with van der Waals surface area (Å²) in [6.07, 6.45) is 4.87. The smallest absolute Gasteiger partial charge is 0.387 e. The summed E-state index contributed by atoms with van der Waals surface area (Å²) in [5.41, 5.74) is 1.97. The zero-order chi connectivity index (χ0) is 31.9. The Morgan fingerprint density at radius 2 is 1.91 bits per heavy atom. The number of esters is 1. The molecule has 2 aromatic carbocycles. The molecule has 2 heterocycles. The van der Waals surface area contributed by atoms with Crippen LogP contribution in [0.4, 0.5) is 14.5 Å². The van der Waals surface area contributed by atoms with Gasteiger partial charge in [0.05, 0.1) is 12.3 Å². The van der Waals surface area contributed by atoms with Gasteiger partial charge >= 0.3 is 12.6 Å². The highest BCUT2D eigenvalue weighted by Gasteiger charge is 2.28. The third kappa shape index (κ3) is 8.78. The number of aldehydes is 1. The number of anilines is 1. The maximum absolute atomic E-state index is 13.7. The number of benzene rings is 2. The first-order valence-electron chi connectivity index (χ1n) is 13.7. The Morgan fingerprint density at radius 3 is 2.60 bits per heavy atom. The minimum absolute atomic E-state index is 0.0481. The van der Waals surface area contributed by atoms with Crippen LogP contribution in [0.2, 0.25) is 10.0 Å². The number of nitrogens with one attached hydrogen (secondary N) is 1. The molecule has 0 bridgehead atoms. The lowest BCUT2D eigenvalue weighted by molar-refractivity contribution is -0.885. The van der Waals surface area contributed by atoms with Crippen LogP contribution in [0.15, 0.2) is 71.2 Å². The van der Waals surface area contributed by atoms with Crippen molar-refractivity contribution in [1.82, 2.24) is 0 Å². The Balaban J connectivity index is 1.43. The Hall–Kier alpha value is -3.58. The van der Waals surface area contributed by atoms with E-state index in [0.29, 0.717) is 39.8 Å². The van der Waals surface area contributed by atoms with Crippen LogP contribution in [0.5, 0.6) is 11.5 Å². The average Bonchev–Trinajstić information content (AvgIpc) is 3.74. The van der Waals surface area contributed by atoms with Crippen molar-refractivity contribution in [2.24, 2.45) is 5.92 Å². The van der Waals surface area contributed by atoms with Gasteiger partial charge in [-0.1, -0.05) is 41.4 Å². The second-order valence-corrected chi connectivity index (χ2v) is 12.6. The van der Waals surface area contributed by atoms with Gasteiger partial charge in [0, 0.05) is 27.2 Å². The molecule has 45 heavy (non-hydrogen) atoms. The van der Waals surface area contributed by atoms with E-state index in [1.807, 2.05) is 6.07 Å². The van der Waals surface area contributed by atoms with E-state index in [1.165, 1.54) is 65.7 Å². The highest BCUT2D eigenvalue weighted by molar-refractivity contribution is 8.00. The van der Waals surface area contributed by atoms with Crippen LogP contribution in [0.25, 0.3) is 0 Å². The quantitative estimate of drug-likeness (QED) is 0.0582. The van der Waals surface area contributed by atoms with Crippen molar-refractivity contribution in [2.45, 2.75) is 36.9 Å². The number of ether oxygens (including phenoxy) is 3. The number of carbonyl (C=O) groups excluding carboxylic acids is 2. The van der Waals surface area contributed by atoms with Crippen LogP contribution in [0, 0.1) is 5.92 Å². The van der Waals surface area contributed by atoms with Gasteiger partial charge in [0.15, 0.2) is 11.5 Å². The monoisotopic (exact) mass is 695 g/mol. The van der Waals surface area contributed by atoms with Crippen molar-refractivity contribution in [2.75, 3.05) is 18.4 Å². The van der Waals surface area contributed by atoms with Gasteiger partial charge in [-0.15, -0.1) is 11.3 Å². The molecule has 1 fully saturated rings. The van der Waals surface area contributed by atoms with E-state index in [9.17, 15) is 18.4 Å². The molecule has 1 aliphatic carbocycles. The highest BCUT2D eigenvalue weighted by Crippen LogP contribution is 2.39. The van der Waals surface area contributed by atoms with Crippen LogP contribution >= 0.6 is 46.5 Å². The number of pyridine rings is 1. The first-order valence-corrected chi connectivity index (χ1v) is 16.1. The molecule has 14 heteroatoms. The zero-order valence-electron chi connectivity index (χ0n) is 23.7. The second kappa shape index (κ2) is 15.1. The van der Waals surface area contributed by atoms with Gasteiger partial charge in [-0.05, 0) is 72.0 Å². The number of rotatable bonds is 15. The van der Waals surface area contributed by atoms with Crippen LogP contribution in [0.3, 0.4) is 0 Å². The second-order valence-electron chi connectivity index (χ2n) is 9.97. The maximum atomic E-state index is 13.7. The predicted molar refractivity (Wildman–Crippen MR) is 168 cm³/mol. The van der Waals surface area contributed by atoms with Crippen LogP contribution in [-0.4, -0.2) is 32.6 Å². The minimum Gasteiger partial charge on any atom is -0.489 e. The van der Waals surface area contributed by atoms with Crippen molar-refractivity contribution in [3.63, 3.8) is 0 Å². The summed E-state index contributed by atoms with van der Waals surface area (Å²) in [6.45, 7) is -2.70. The SMILES string of the molecule is CO[n+]1cc(Cl)c(CC(OC(=O)c2sccc2NSc2cccc(C=O)c2)c2ccc(OC(F)F)c(OCC3CC3)c2)c(Cl)c1. The highest BCUT2D eigenvalue weighted by atomic mass is 35.5. The molecule has 0 spiro atoms. The van der Waals surface area contributed by atoms with Gasteiger partial charge in [-0.25, -0.2) is 4.79 Å². The fourth-order valence-electron chi connectivity index (χ4n) is 4.26. The number of alkyl halides is 2. The van der Waals surface area contributed by atoms with Crippen LogP contribution < -0.4 is 23.8 Å². The molecule has 0 amide bonds. The molecule has 5 rings (SSSR count). The Kier molecular flexibility index (Phi) is 11.0. The first-order chi connectivity index (χ1) is 21.7. The number of nitrogens with zero attached hydrogens (tertiary/aromatic N) is 1. The molecular formula is C31H27Cl2F2N2O6S2+. The normalized spacial score (nSPS) is 13.3. The van der Waals surface area contributed by atoms with Crippen LogP contribution in [0.1, 0.15) is 50.1 Å². The summed E-state index contributed by atoms with van der Waals surface area (Å²) in [6, 6.07) is 13.2. The number of hydrogen-bond acceptors (Lipinski definition) is 9. The summed E-state index contributed by atoms with van der Waals surface area (Å²) >= 11 is 15.5. The molecule has 0 saturated heterocycles. The molecule has 1 N–H and O–H groups in total. The largest absolute Gasteiger partial charge is 0.489 e. The summed E-state index contributed by atoms with van der Waals surface area (Å²) in [4.78, 5) is 31.0. The van der Waals surface area contributed by atoms with E-state index in [4.69, 9.17) is 42.3 Å². The molecule has 4 aromatic rings. The standard InChI is InChI=1S/C31H26Cl2F2N2O6S2/c1-40-37-14-23(32)22(24(33)15-37)13-27(20-7-8-26(43-31(34)35)28(12-20)41-17-18-5-6-18)42-30(39)29-25(9-10-44-29)36-45-21-4-2-3-19(11-21)16-38/h2-4,7-12,14-16,18,27,31H,5-6,13,17H2,1H3/p+1. The first kappa shape index (κ1) is 32.8. The van der Waals surface area contributed by atoms with Gasteiger partial charge in [0.25, 0.3) is 0 Å². The number of thiophene rings is 1. The number of aromatic nitrogens is 1. The lowest BCUT2D eigenvalue weighted by Gasteiger charge is -2.21. The molecular weight excluding hydrogens is 669 g/mol. The number of halogens is 4. The maximum Gasteiger partial charge on any atom is 0.387 e.